The largest absolute Gasteiger partial charge is 0.507 e. The smallest absolute Gasteiger partial charge is 0.229 e. The van der Waals surface area contributed by atoms with Crippen molar-refractivity contribution in [3.63, 3.8) is 0 Å². The molecule has 0 spiro atoms. The number of fused-ring (bicyclic) bond motifs is 5. The molecule has 8 nitrogen and oxygen atoms in total. The zero-order valence-corrected chi connectivity index (χ0v) is 18.3. The maximum absolute atomic E-state index is 12.2. The summed E-state index contributed by atoms with van der Waals surface area (Å²) in [5.74, 6) is 0.559. The maximum Gasteiger partial charge on any atom is 0.229 e. The first-order valence-corrected chi connectivity index (χ1v) is 11.3. The molecule has 1 fully saturated rings. The number of ketones is 1. The predicted octanol–water partition coefficient (Wildman–Crippen LogP) is 1.47. The number of ether oxygens (including phenoxy) is 2. The highest BCUT2D eigenvalue weighted by molar-refractivity contribution is 5.79. The Morgan fingerprint density at radius 3 is 2.33 bits per heavy atom. The van der Waals surface area contributed by atoms with Crippen molar-refractivity contribution in [2.24, 2.45) is 0 Å². The molecule has 0 amide bonds. The predicted molar refractivity (Wildman–Crippen MR) is 119 cm³/mol. The summed E-state index contributed by atoms with van der Waals surface area (Å²) in [6.07, 6.45) is -3.07. The lowest BCUT2D eigenvalue weighted by Gasteiger charge is -2.39. The number of benzene rings is 2. The monoisotopic (exact) mass is 458 g/mol. The fraction of sp³-hybridized carbons (Fsp3) is 0.480. The van der Waals surface area contributed by atoms with E-state index in [0.29, 0.717) is 30.4 Å². The van der Waals surface area contributed by atoms with Gasteiger partial charge in [-0.05, 0) is 61.1 Å². The van der Waals surface area contributed by atoms with Gasteiger partial charge in [-0.2, -0.15) is 0 Å². The molecule has 2 aromatic carbocycles. The van der Waals surface area contributed by atoms with Gasteiger partial charge >= 0.3 is 0 Å². The molecule has 1 aliphatic heterocycles. The Bertz CT molecular complexity index is 988. The Morgan fingerprint density at radius 1 is 0.848 bits per heavy atom. The number of hydrogen-bond donors (Lipinski definition) is 5. The number of aromatic hydroxyl groups is 1. The van der Waals surface area contributed by atoms with Crippen molar-refractivity contribution in [1.29, 1.82) is 0 Å². The van der Waals surface area contributed by atoms with Gasteiger partial charge in [-0.1, -0.05) is 12.1 Å². The van der Waals surface area contributed by atoms with E-state index in [1.165, 1.54) is 0 Å². The third kappa shape index (κ3) is 5.20. The summed E-state index contributed by atoms with van der Waals surface area (Å²) in [5.41, 5.74) is 3.00. The van der Waals surface area contributed by atoms with Gasteiger partial charge in [0.2, 0.25) is 6.29 Å². The fourth-order valence-electron chi connectivity index (χ4n) is 4.35. The summed E-state index contributed by atoms with van der Waals surface area (Å²) >= 11 is 0. The van der Waals surface area contributed by atoms with Crippen molar-refractivity contribution in [3.05, 3.63) is 47.5 Å². The van der Waals surface area contributed by atoms with Crippen molar-refractivity contribution >= 4 is 5.78 Å². The minimum absolute atomic E-state index is 0.0560. The Balaban J connectivity index is 1.72. The highest BCUT2D eigenvalue weighted by Crippen LogP contribution is 2.39. The summed E-state index contributed by atoms with van der Waals surface area (Å²) in [7, 11) is 0. The van der Waals surface area contributed by atoms with Crippen LogP contribution in [0.1, 0.15) is 36.8 Å². The number of carbonyl (C=O) groups excluding carboxylic acids is 1. The van der Waals surface area contributed by atoms with Crippen LogP contribution in [-0.4, -0.2) is 68.6 Å². The van der Waals surface area contributed by atoms with Gasteiger partial charge in [-0.15, -0.1) is 0 Å². The molecule has 5 N–H and O–H groups in total. The van der Waals surface area contributed by atoms with E-state index in [-0.39, 0.29) is 17.3 Å². The van der Waals surface area contributed by atoms with Crippen LogP contribution in [0, 0.1) is 0 Å². The van der Waals surface area contributed by atoms with Crippen LogP contribution >= 0.6 is 0 Å². The normalized spacial score (nSPS) is 28.4. The standard InChI is InChI=1S/C25H30O8/c26-13-21-22(29)23(30)24(31)25(33-21)32-20-10-7-15-5-8-16(27)4-2-1-3-14-6-9-19(28)17(11-14)18(20)12-15/h6-7,9-12,21-26,28-31H,1-5,8,13H2/t21-,22-,23+,24-,25-/m1/s1. The number of aryl methyl sites for hydroxylation is 2. The van der Waals surface area contributed by atoms with Crippen LogP contribution in [-0.2, 0) is 22.4 Å². The molecule has 1 saturated heterocycles. The van der Waals surface area contributed by atoms with E-state index in [0.717, 1.165) is 30.4 Å². The lowest BCUT2D eigenvalue weighted by atomic mass is 9.96. The first-order valence-electron chi connectivity index (χ1n) is 11.3. The van der Waals surface area contributed by atoms with E-state index < -0.39 is 37.3 Å². The van der Waals surface area contributed by atoms with Gasteiger partial charge in [0, 0.05) is 24.0 Å². The SMILES string of the molecule is O=C1CCCCc2ccc(O)c(c2)-c2cc(ccc2O[C@@H]2O[C@H](CO)[C@@H](O)[C@H](O)[C@H]2O)CC1. The molecule has 4 bridgehead atoms. The number of rotatable bonds is 3. The number of carbonyl (C=O) groups is 1. The number of hydrogen-bond acceptors (Lipinski definition) is 8. The molecular weight excluding hydrogens is 428 g/mol. The Morgan fingerprint density at radius 2 is 1.55 bits per heavy atom. The molecule has 1 heterocycles. The van der Waals surface area contributed by atoms with Crippen LogP contribution in [0.25, 0.3) is 11.1 Å². The summed E-state index contributed by atoms with van der Waals surface area (Å²) in [6, 6.07) is 10.7. The minimum Gasteiger partial charge on any atom is -0.507 e. The van der Waals surface area contributed by atoms with Crippen molar-refractivity contribution in [1.82, 2.24) is 0 Å². The quantitative estimate of drug-likeness (QED) is 0.466. The number of phenolic OH excluding ortho intramolecular Hbond substituents is 1. The van der Waals surface area contributed by atoms with Crippen LogP contribution in [0.5, 0.6) is 11.5 Å². The van der Waals surface area contributed by atoms with Crippen LogP contribution in [0.4, 0.5) is 0 Å². The summed E-state index contributed by atoms with van der Waals surface area (Å²) < 4.78 is 11.4. The van der Waals surface area contributed by atoms with Crippen LogP contribution in [0.3, 0.4) is 0 Å². The highest BCUT2D eigenvalue weighted by atomic mass is 16.7. The van der Waals surface area contributed by atoms with Crippen LogP contribution < -0.4 is 4.74 Å². The van der Waals surface area contributed by atoms with Crippen molar-refractivity contribution in [2.45, 2.75) is 69.2 Å². The second kappa shape index (κ2) is 10.2. The second-order valence-electron chi connectivity index (χ2n) is 8.74. The van der Waals surface area contributed by atoms with Crippen molar-refractivity contribution in [2.75, 3.05) is 6.61 Å². The van der Waals surface area contributed by atoms with Crippen molar-refractivity contribution in [3.8, 4) is 22.6 Å². The third-order valence-corrected chi connectivity index (χ3v) is 6.35. The zero-order chi connectivity index (χ0) is 23.5. The third-order valence-electron chi connectivity index (χ3n) is 6.35. The number of aliphatic hydroxyl groups excluding tert-OH is 4. The molecule has 33 heavy (non-hydrogen) atoms. The summed E-state index contributed by atoms with van der Waals surface area (Å²) in [5, 5.41) is 50.6. The van der Waals surface area contributed by atoms with Crippen LogP contribution in [0.15, 0.2) is 36.4 Å². The molecule has 0 saturated carbocycles. The summed E-state index contributed by atoms with van der Waals surface area (Å²) in [6.45, 7) is -0.562. The topological polar surface area (TPSA) is 137 Å². The van der Waals surface area contributed by atoms with E-state index in [1.54, 1.807) is 18.2 Å². The van der Waals surface area contributed by atoms with Gasteiger partial charge in [0.05, 0.1) is 6.61 Å². The van der Waals surface area contributed by atoms with Gasteiger partial charge in [-0.25, -0.2) is 0 Å². The van der Waals surface area contributed by atoms with Gasteiger partial charge < -0.3 is 35.0 Å². The highest BCUT2D eigenvalue weighted by Gasteiger charge is 2.45. The average Bonchev–Trinajstić information content (AvgIpc) is 2.82. The van der Waals surface area contributed by atoms with Gasteiger partial charge in [0.15, 0.2) is 0 Å². The van der Waals surface area contributed by atoms with E-state index >= 15 is 0 Å². The first kappa shape index (κ1) is 23.7. The van der Waals surface area contributed by atoms with Gasteiger partial charge in [-0.3, -0.25) is 4.79 Å². The maximum atomic E-state index is 12.2. The number of phenols is 1. The molecule has 178 valence electrons. The van der Waals surface area contributed by atoms with Crippen molar-refractivity contribution < 1.29 is 39.8 Å². The molecule has 5 atom stereocenters. The van der Waals surface area contributed by atoms with E-state index in [2.05, 4.69) is 0 Å². The van der Waals surface area contributed by atoms with E-state index in [9.17, 15) is 30.3 Å². The Labute approximate surface area is 192 Å². The lowest BCUT2D eigenvalue weighted by Crippen LogP contribution is -2.60. The minimum atomic E-state index is -1.56. The molecule has 0 aromatic heterocycles. The van der Waals surface area contributed by atoms with Gasteiger partial charge in [0.25, 0.3) is 0 Å². The summed E-state index contributed by atoms with van der Waals surface area (Å²) in [4.78, 5) is 12.2. The Hall–Kier alpha value is -2.49. The molecule has 2 aromatic rings. The fourth-order valence-corrected chi connectivity index (χ4v) is 4.35. The molecule has 4 rings (SSSR count). The average molecular weight is 459 g/mol. The molecule has 0 radical (unpaired) electrons. The first-order chi connectivity index (χ1) is 15.9. The Kier molecular flexibility index (Phi) is 7.31. The van der Waals surface area contributed by atoms with E-state index in [4.69, 9.17) is 9.47 Å². The zero-order valence-electron chi connectivity index (χ0n) is 18.3. The number of Topliss-reactive ketones (excluding diaryl/α,β-unsaturated/α-hetero) is 1. The number of aliphatic hydroxyl groups is 4. The molecule has 2 aliphatic rings. The molecule has 8 heteroatoms. The molecule has 0 unspecified atom stereocenters. The molecular formula is C25H30O8. The molecule has 1 aliphatic carbocycles. The second-order valence-corrected chi connectivity index (χ2v) is 8.74. The van der Waals surface area contributed by atoms with E-state index in [1.807, 2.05) is 18.2 Å². The van der Waals surface area contributed by atoms with Gasteiger partial charge in [0.1, 0.15) is 41.7 Å². The lowest BCUT2D eigenvalue weighted by molar-refractivity contribution is -0.277. The van der Waals surface area contributed by atoms with Crippen LogP contribution in [0.2, 0.25) is 0 Å².